The molecule has 5 nitrogen and oxygen atoms in total. The van der Waals surface area contributed by atoms with Crippen molar-refractivity contribution in [3.05, 3.63) is 0 Å². The third-order valence-electron chi connectivity index (χ3n) is 1.90. The van der Waals surface area contributed by atoms with Gasteiger partial charge in [-0.25, -0.2) is 5.01 Å². The van der Waals surface area contributed by atoms with Crippen molar-refractivity contribution in [2.45, 2.75) is 12.8 Å². The van der Waals surface area contributed by atoms with E-state index >= 15 is 0 Å². The van der Waals surface area contributed by atoms with E-state index in [-0.39, 0.29) is 5.91 Å². The molecular weight excluding hydrogens is 170 g/mol. The minimum absolute atomic E-state index is 0.0485. The molecule has 0 aromatic heterocycles. The number of nitrogens with two attached hydrogens (primary N) is 1. The Kier molecular flexibility index (Phi) is 4.74. The highest BCUT2D eigenvalue weighted by molar-refractivity contribution is 5.75. The highest BCUT2D eigenvalue weighted by Gasteiger charge is 2.11. The smallest absolute Gasteiger partial charge is 0.234 e. The maximum absolute atomic E-state index is 11.2. The van der Waals surface area contributed by atoms with Crippen molar-refractivity contribution in [3.8, 4) is 0 Å². The molecule has 0 radical (unpaired) electrons. The maximum Gasteiger partial charge on any atom is 0.234 e. The van der Waals surface area contributed by atoms with Crippen molar-refractivity contribution in [1.82, 2.24) is 10.4 Å². The molecule has 1 rings (SSSR count). The molecular formula is C8H17N3O2. The van der Waals surface area contributed by atoms with Gasteiger partial charge in [0.1, 0.15) is 0 Å². The molecule has 1 amide bonds. The van der Waals surface area contributed by atoms with Crippen LogP contribution in [0.25, 0.3) is 0 Å². The van der Waals surface area contributed by atoms with E-state index in [2.05, 4.69) is 5.43 Å². The number of amides is 1. The van der Waals surface area contributed by atoms with E-state index in [1.807, 2.05) is 5.01 Å². The average Bonchev–Trinajstić information content (AvgIpc) is 2.16. The molecule has 5 heteroatoms. The quantitative estimate of drug-likeness (QED) is 0.598. The second-order valence-corrected chi connectivity index (χ2v) is 3.03. The van der Waals surface area contributed by atoms with Crippen molar-refractivity contribution in [2.24, 2.45) is 5.73 Å². The molecule has 0 saturated carbocycles. The van der Waals surface area contributed by atoms with Gasteiger partial charge in [0.05, 0.1) is 13.2 Å². The molecule has 0 bridgehead atoms. The van der Waals surface area contributed by atoms with Crippen molar-refractivity contribution in [2.75, 3.05) is 32.8 Å². The summed E-state index contributed by atoms with van der Waals surface area (Å²) in [4.78, 5) is 11.2. The summed E-state index contributed by atoms with van der Waals surface area (Å²) in [5.41, 5.74) is 8.11. The zero-order valence-corrected chi connectivity index (χ0v) is 7.79. The summed E-state index contributed by atoms with van der Waals surface area (Å²) in [6.07, 6.45) is 1.25. The van der Waals surface area contributed by atoms with Gasteiger partial charge in [-0.15, -0.1) is 0 Å². The average molecular weight is 187 g/mol. The van der Waals surface area contributed by atoms with Gasteiger partial charge in [0, 0.05) is 19.5 Å². The fourth-order valence-electron chi connectivity index (χ4n) is 1.17. The van der Waals surface area contributed by atoms with Gasteiger partial charge in [0.15, 0.2) is 0 Å². The Bertz CT molecular complexity index is 157. The molecule has 0 spiro atoms. The van der Waals surface area contributed by atoms with Gasteiger partial charge in [-0.1, -0.05) is 0 Å². The molecule has 0 unspecified atom stereocenters. The Hall–Kier alpha value is -0.650. The summed E-state index contributed by atoms with van der Waals surface area (Å²) in [5.74, 6) is 0.0485. The van der Waals surface area contributed by atoms with Crippen LogP contribution in [0, 0.1) is 0 Å². The fraction of sp³-hybridized carbons (Fsp3) is 0.875. The second-order valence-electron chi connectivity index (χ2n) is 3.03. The van der Waals surface area contributed by atoms with Gasteiger partial charge in [0.25, 0.3) is 0 Å². The Labute approximate surface area is 78.2 Å². The maximum atomic E-state index is 11.2. The van der Waals surface area contributed by atoms with E-state index < -0.39 is 0 Å². The van der Waals surface area contributed by atoms with Gasteiger partial charge in [-0.3, -0.25) is 10.2 Å². The van der Waals surface area contributed by atoms with Crippen molar-refractivity contribution in [1.29, 1.82) is 0 Å². The number of morpholine rings is 1. The normalized spacial score (nSPS) is 18.5. The summed E-state index contributed by atoms with van der Waals surface area (Å²) in [6.45, 7) is 3.49. The first-order chi connectivity index (χ1) is 6.33. The van der Waals surface area contributed by atoms with Crippen molar-refractivity contribution < 1.29 is 9.53 Å². The topological polar surface area (TPSA) is 67.6 Å². The first kappa shape index (κ1) is 10.4. The number of carbonyl (C=O) groups excluding carboxylic acids is 1. The minimum Gasteiger partial charge on any atom is -0.379 e. The monoisotopic (exact) mass is 187 g/mol. The summed E-state index contributed by atoms with van der Waals surface area (Å²) in [6, 6.07) is 0. The lowest BCUT2D eigenvalue weighted by Crippen LogP contribution is -2.48. The van der Waals surface area contributed by atoms with E-state index in [0.29, 0.717) is 26.2 Å². The molecule has 1 aliphatic heterocycles. The first-order valence-electron chi connectivity index (χ1n) is 4.65. The lowest BCUT2D eigenvalue weighted by Gasteiger charge is -2.26. The van der Waals surface area contributed by atoms with Crippen LogP contribution in [-0.2, 0) is 9.53 Å². The number of hydrogen-bond acceptors (Lipinski definition) is 4. The molecule has 1 fully saturated rings. The minimum atomic E-state index is 0.0485. The van der Waals surface area contributed by atoms with E-state index in [9.17, 15) is 4.79 Å². The van der Waals surface area contributed by atoms with Gasteiger partial charge < -0.3 is 10.5 Å². The van der Waals surface area contributed by atoms with Gasteiger partial charge in [0.2, 0.25) is 5.91 Å². The van der Waals surface area contributed by atoms with E-state index in [4.69, 9.17) is 10.5 Å². The van der Waals surface area contributed by atoms with Crippen LogP contribution in [-0.4, -0.2) is 43.8 Å². The number of hydrogen-bond donors (Lipinski definition) is 2. The third kappa shape index (κ3) is 4.21. The molecule has 3 N–H and O–H groups in total. The SMILES string of the molecule is NCCCC(=O)NN1CCOCC1. The molecule has 1 saturated heterocycles. The Balaban J connectivity index is 2.11. The van der Waals surface area contributed by atoms with Crippen LogP contribution in [0.2, 0.25) is 0 Å². The highest BCUT2D eigenvalue weighted by Crippen LogP contribution is 1.94. The van der Waals surface area contributed by atoms with Crippen LogP contribution in [0.1, 0.15) is 12.8 Å². The van der Waals surface area contributed by atoms with Crippen LogP contribution >= 0.6 is 0 Å². The number of nitrogens with zero attached hydrogens (tertiary/aromatic N) is 1. The summed E-state index contributed by atoms with van der Waals surface area (Å²) in [5, 5.41) is 1.89. The number of rotatable bonds is 4. The number of ether oxygens (including phenoxy) is 1. The second kappa shape index (κ2) is 5.90. The molecule has 0 atom stereocenters. The summed E-state index contributed by atoms with van der Waals surface area (Å²) >= 11 is 0. The Morgan fingerprint density at radius 2 is 2.15 bits per heavy atom. The van der Waals surface area contributed by atoms with Crippen LogP contribution < -0.4 is 11.2 Å². The predicted molar refractivity (Wildman–Crippen MR) is 48.8 cm³/mol. The standard InChI is InChI=1S/C8H17N3O2/c9-3-1-2-8(12)10-11-4-6-13-7-5-11/h1-7,9H2,(H,10,12). The van der Waals surface area contributed by atoms with Crippen LogP contribution in [0.3, 0.4) is 0 Å². The number of nitrogens with one attached hydrogen (secondary N) is 1. The molecule has 0 aliphatic carbocycles. The lowest BCUT2D eigenvalue weighted by atomic mass is 10.3. The van der Waals surface area contributed by atoms with Gasteiger partial charge in [-0.05, 0) is 13.0 Å². The lowest BCUT2D eigenvalue weighted by molar-refractivity contribution is -0.128. The van der Waals surface area contributed by atoms with Crippen LogP contribution in [0.5, 0.6) is 0 Å². The molecule has 13 heavy (non-hydrogen) atoms. The molecule has 0 aromatic carbocycles. The Morgan fingerprint density at radius 3 is 2.77 bits per heavy atom. The zero-order valence-electron chi connectivity index (χ0n) is 7.79. The zero-order chi connectivity index (χ0) is 9.52. The van der Waals surface area contributed by atoms with Crippen LogP contribution in [0.15, 0.2) is 0 Å². The summed E-state index contributed by atoms with van der Waals surface area (Å²) in [7, 11) is 0. The van der Waals surface area contributed by atoms with E-state index in [1.54, 1.807) is 0 Å². The van der Waals surface area contributed by atoms with Gasteiger partial charge >= 0.3 is 0 Å². The largest absolute Gasteiger partial charge is 0.379 e. The van der Waals surface area contributed by atoms with Crippen LogP contribution in [0.4, 0.5) is 0 Å². The van der Waals surface area contributed by atoms with E-state index in [0.717, 1.165) is 19.5 Å². The first-order valence-corrected chi connectivity index (χ1v) is 4.65. The van der Waals surface area contributed by atoms with Crippen molar-refractivity contribution >= 4 is 5.91 Å². The van der Waals surface area contributed by atoms with Gasteiger partial charge in [-0.2, -0.15) is 0 Å². The number of carbonyl (C=O) groups is 1. The highest BCUT2D eigenvalue weighted by atomic mass is 16.5. The fourth-order valence-corrected chi connectivity index (χ4v) is 1.17. The van der Waals surface area contributed by atoms with E-state index in [1.165, 1.54) is 0 Å². The van der Waals surface area contributed by atoms with Crippen molar-refractivity contribution in [3.63, 3.8) is 0 Å². The molecule has 1 aliphatic rings. The summed E-state index contributed by atoms with van der Waals surface area (Å²) < 4.78 is 5.15. The molecule has 1 heterocycles. The molecule has 0 aromatic rings. The number of hydrazine groups is 1. The third-order valence-corrected chi connectivity index (χ3v) is 1.90. The predicted octanol–water partition coefficient (Wildman–Crippen LogP) is -0.911. The molecule has 76 valence electrons. The Morgan fingerprint density at radius 1 is 1.46 bits per heavy atom.